The molecule has 0 saturated carbocycles. The summed E-state index contributed by atoms with van der Waals surface area (Å²) in [6.07, 6.45) is 1.56. The van der Waals surface area contributed by atoms with E-state index in [0.29, 0.717) is 31.0 Å². The molecule has 1 saturated heterocycles. The summed E-state index contributed by atoms with van der Waals surface area (Å²) in [5, 5.41) is 3.34. The topological polar surface area (TPSA) is 70.6 Å². The number of sulfonamides is 1. The second-order valence-electron chi connectivity index (χ2n) is 6.83. The number of amides is 1. The van der Waals surface area contributed by atoms with Crippen molar-refractivity contribution >= 4 is 38.9 Å². The number of benzene rings is 1. The van der Waals surface area contributed by atoms with Crippen LogP contribution in [0.25, 0.3) is 10.6 Å². The van der Waals surface area contributed by atoms with Gasteiger partial charge in [-0.2, -0.15) is 0 Å². The Labute approximate surface area is 175 Å². The molecular formula is C19H24ClN3O3S2. The maximum absolute atomic E-state index is 12.6. The number of carbonyl (C=O) groups is 1. The standard InChI is InChI=1S/C19H24ClN3O3S2/c1-3-28(25,26)22(2)15-8-10-23(11-9-15)18(24)12-14-13-27-19(21-14)16-6-4-5-7-17(16)20/h4-7,13,15H,3,8-12H2,1-2H3. The lowest BCUT2D eigenvalue weighted by atomic mass is 10.0. The van der Waals surface area contributed by atoms with Crippen molar-refractivity contribution in [1.82, 2.24) is 14.2 Å². The molecule has 0 spiro atoms. The minimum Gasteiger partial charge on any atom is -0.342 e. The van der Waals surface area contributed by atoms with E-state index in [2.05, 4.69) is 4.98 Å². The van der Waals surface area contributed by atoms with E-state index in [1.54, 1.807) is 18.9 Å². The first kappa shape index (κ1) is 21.2. The first-order chi connectivity index (χ1) is 13.3. The van der Waals surface area contributed by atoms with Crippen LogP contribution in [0.15, 0.2) is 29.6 Å². The van der Waals surface area contributed by atoms with Crippen molar-refractivity contribution in [3.05, 3.63) is 40.4 Å². The first-order valence-corrected chi connectivity index (χ1v) is 12.1. The van der Waals surface area contributed by atoms with Gasteiger partial charge in [0.1, 0.15) is 5.01 Å². The predicted octanol–water partition coefficient (Wildman–Crippen LogP) is 3.28. The fourth-order valence-electron chi connectivity index (χ4n) is 3.32. The third kappa shape index (κ3) is 4.74. The van der Waals surface area contributed by atoms with Gasteiger partial charge in [0, 0.05) is 37.1 Å². The number of rotatable bonds is 6. The molecule has 2 heterocycles. The molecule has 1 fully saturated rings. The van der Waals surface area contributed by atoms with Crippen molar-refractivity contribution in [3.63, 3.8) is 0 Å². The highest BCUT2D eigenvalue weighted by Crippen LogP contribution is 2.30. The SMILES string of the molecule is CCS(=O)(=O)N(C)C1CCN(C(=O)Cc2csc(-c3ccccc3Cl)n2)CC1. The summed E-state index contributed by atoms with van der Waals surface area (Å²) in [7, 11) is -1.57. The van der Waals surface area contributed by atoms with E-state index in [0.717, 1.165) is 16.3 Å². The molecule has 3 rings (SSSR count). The third-order valence-corrected chi connectivity index (χ3v) is 8.28. The highest BCUT2D eigenvalue weighted by atomic mass is 35.5. The van der Waals surface area contributed by atoms with Crippen LogP contribution in [0.4, 0.5) is 0 Å². The quantitative estimate of drug-likeness (QED) is 0.689. The number of aromatic nitrogens is 1. The van der Waals surface area contributed by atoms with E-state index < -0.39 is 10.0 Å². The molecule has 2 aromatic rings. The normalized spacial score (nSPS) is 15.9. The number of halogens is 1. The number of carbonyl (C=O) groups excluding carboxylic acids is 1. The molecule has 1 aromatic carbocycles. The lowest BCUT2D eigenvalue weighted by molar-refractivity contribution is -0.131. The molecule has 0 radical (unpaired) electrons. The van der Waals surface area contributed by atoms with E-state index in [1.807, 2.05) is 29.6 Å². The van der Waals surface area contributed by atoms with Crippen molar-refractivity contribution in [2.24, 2.45) is 0 Å². The van der Waals surface area contributed by atoms with Crippen molar-refractivity contribution in [2.75, 3.05) is 25.9 Å². The van der Waals surface area contributed by atoms with Gasteiger partial charge in [0.25, 0.3) is 0 Å². The second-order valence-corrected chi connectivity index (χ2v) is 10.4. The van der Waals surface area contributed by atoms with Crippen LogP contribution in [0.5, 0.6) is 0 Å². The maximum atomic E-state index is 12.6. The predicted molar refractivity (Wildman–Crippen MR) is 113 cm³/mol. The van der Waals surface area contributed by atoms with Crippen molar-refractivity contribution in [3.8, 4) is 10.6 Å². The summed E-state index contributed by atoms with van der Waals surface area (Å²) < 4.78 is 25.5. The zero-order valence-electron chi connectivity index (χ0n) is 16.0. The van der Waals surface area contributed by atoms with Gasteiger partial charge in [-0.05, 0) is 25.8 Å². The van der Waals surface area contributed by atoms with Gasteiger partial charge in [-0.25, -0.2) is 17.7 Å². The Morgan fingerprint density at radius 1 is 1.32 bits per heavy atom. The number of piperidine rings is 1. The van der Waals surface area contributed by atoms with Gasteiger partial charge in [0.15, 0.2) is 0 Å². The molecule has 28 heavy (non-hydrogen) atoms. The lowest BCUT2D eigenvalue weighted by Crippen LogP contribution is -2.47. The monoisotopic (exact) mass is 441 g/mol. The minimum absolute atomic E-state index is 0.0236. The van der Waals surface area contributed by atoms with Gasteiger partial charge in [-0.15, -0.1) is 11.3 Å². The average molecular weight is 442 g/mol. The number of nitrogens with zero attached hydrogens (tertiary/aromatic N) is 3. The van der Waals surface area contributed by atoms with Crippen LogP contribution < -0.4 is 0 Å². The Balaban J connectivity index is 1.58. The van der Waals surface area contributed by atoms with E-state index in [9.17, 15) is 13.2 Å². The highest BCUT2D eigenvalue weighted by molar-refractivity contribution is 7.89. The van der Waals surface area contributed by atoms with Crippen LogP contribution in [-0.2, 0) is 21.2 Å². The molecular weight excluding hydrogens is 418 g/mol. The van der Waals surface area contributed by atoms with Crippen LogP contribution in [0.2, 0.25) is 5.02 Å². The number of likely N-dealkylation sites (tertiary alicyclic amines) is 1. The molecule has 1 amide bonds. The first-order valence-electron chi connectivity index (χ1n) is 9.24. The molecule has 1 aliphatic heterocycles. The Kier molecular flexibility index (Phi) is 6.75. The third-order valence-electron chi connectivity index (χ3n) is 5.12. The molecule has 0 unspecified atom stereocenters. The molecule has 0 atom stereocenters. The van der Waals surface area contributed by atoms with E-state index in [1.165, 1.54) is 15.6 Å². The van der Waals surface area contributed by atoms with Crippen molar-refractivity contribution < 1.29 is 13.2 Å². The van der Waals surface area contributed by atoms with Crippen LogP contribution >= 0.6 is 22.9 Å². The zero-order chi connectivity index (χ0) is 20.3. The minimum atomic E-state index is -3.20. The highest BCUT2D eigenvalue weighted by Gasteiger charge is 2.30. The van der Waals surface area contributed by atoms with Gasteiger partial charge in [0.05, 0.1) is 22.9 Å². The maximum Gasteiger partial charge on any atom is 0.228 e. The number of hydrogen-bond donors (Lipinski definition) is 0. The smallest absolute Gasteiger partial charge is 0.228 e. The molecule has 152 valence electrons. The van der Waals surface area contributed by atoms with Gasteiger partial charge in [-0.1, -0.05) is 29.8 Å². The Morgan fingerprint density at radius 2 is 2.00 bits per heavy atom. The number of thiazole rings is 1. The number of hydrogen-bond acceptors (Lipinski definition) is 5. The van der Waals surface area contributed by atoms with Gasteiger partial charge >= 0.3 is 0 Å². The summed E-state index contributed by atoms with van der Waals surface area (Å²) in [6, 6.07) is 7.48. The van der Waals surface area contributed by atoms with Crippen LogP contribution in [0, 0.1) is 0 Å². The molecule has 0 N–H and O–H groups in total. The average Bonchev–Trinajstić information content (AvgIpc) is 3.16. The van der Waals surface area contributed by atoms with E-state index in [-0.39, 0.29) is 24.1 Å². The second kappa shape index (κ2) is 8.90. The lowest BCUT2D eigenvalue weighted by Gasteiger charge is -2.36. The van der Waals surface area contributed by atoms with Gasteiger partial charge < -0.3 is 4.90 Å². The van der Waals surface area contributed by atoms with Crippen molar-refractivity contribution in [1.29, 1.82) is 0 Å². The molecule has 0 aliphatic carbocycles. The molecule has 6 nitrogen and oxygen atoms in total. The Morgan fingerprint density at radius 3 is 2.64 bits per heavy atom. The summed E-state index contributed by atoms with van der Waals surface area (Å²) >= 11 is 7.70. The van der Waals surface area contributed by atoms with E-state index >= 15 is 0 Å². The van der Waals surface area contributed by atoms with Gasteiger partial charge in [0.2, 0.25) is 15.9 Å². The molecule has 1 aromatic heterocycles. The van der Waals surface area contributed by atoms with Crippen LogP contribution in [-0.4, -0.2) is 60.4 Å². The summed E-state index contributed by atoms with van der Waals surface area (Å²) in [5.74, 6) is 0.121. The van der Waals surface area contributed by atoms with Gasteiger partial charge in [-0.3, -0.25) is 4.79 Å². The molecule has 9 heteroatoms. The van der Waals surface area contributed by atoms with Crippen LogP contribution in [0.3, 0.4) is 0 Å². The largest absolute Gasteiger partial charge is 0.342 e. The Hall–Kier alpha value is -1.48. The van der Waals surface area contributed by atoms with E-state index in [4.69, 9.17) is 11.6 Å². The fraction of sp³-hybridized carbons (Fsp3) is 0.474. The van der Waals surface area contributed by atoms with Crippen molar-refractivity contribution in [2.45, 2.75) is 32.2 Å². The van der Waals surface area contributed by atoms with Crippen LogP contribution in [0.1, 0.15) is 25.5 Å². The zero-order valence-corrected chi connectivity index (χ0v) is 18.4. The summed E-state index contributed by atoms with van der Waals surface area (Å²) in [4.78, 5) is 19.0. The fourth-order valence-corrected chi connectivity index (χ4v) is 5.54. The summed E-state index contributed by atoms with van der Waals surface area (Å²) in [5.41, 5.74) is 1.60. The Bertz CT molecular complexity index is 937. The molecule has 0 bridgehead atoms. The molecule has 1 aliphatic rings. The summed E-state index contributed by atoms with van der Waals surface area (Å²) in [6.45, 7) is 2.78.